The molecule has 4 nitrogen and oxygen atoms in total. The fourth-order valence-electron chi connectivity index (χ4n) is 1.37. The molecule has 64 valence electrons. The molecular formula is C8H11N3O. The van der Waals surface area contributed by atoms with Crippen LogP contribution in [0.2, 0.25) is 0 Å². The van der Waals surface area contributed by atoms with E-state index in [0.717, 1.165) is 6.42 Å². The molecule has 0 spiro atoms. The molecule has 0 fully saturated rings. The summed E-state index contributed by atoms with van der Waals surface area (Å²) < 4.78 is 5.03. The van der Waals surface area contributed by atoms with E-state index in [1.54, 1.807) is 0 Å². The van der Waals surface area contributed by atoms with Crippen molar-refractivity contribution in [1.82, 2.24) is 10.1 Å². The topological polar surface area (TPSA) is 64.9 Å². The van der Waals surface area contributed by atoms with Gasteiger partial charge in [-0.1, -0.05) is 17.3 Å². The van der Waals surface area contributed by atoms with Crippen molar-refractivity contribution < 1.29 is 4.52 Å². The number of rotatable bonds is 1. The fraction of sp³-hybridized carbons (Fsp3) is 0.500. The normalized spacial score (nSPS) is 28.2. The summed E-state index contributed by atoms with van der Waals surface area (Å²) in [4.78, 5) is 4.14. The summed E-state index contributed by atoms with van der Waals surface area (Å²) in [6.45, 7) is 1.81. The largest absolute Gasteiger partial charge is 0.339 e. The molecule has 0 bridgehead atoms. The van der Waals surface area contributed by atoms with E-state index in [1.807, 2.05) is 19.1 Å². The number of hydrogen-bond acceptors (Lipinski definition) is 4. The van der Waals surface area contributed by atoms with E-state index in [4.69, 9.17) is 10.3 Å². The first-order valence-corrected chi connectivity index (χ1v) is 4.00. The van der Waals surface area contributed by atoms with E-state index in [2.05, 4.69) is 10.1 Å². The van der Waals surface area contributed by atoms with Crippen LogP contribution in [0.5, 0.6) is 0 Å². The number of allylic oxidation sites excluding steroid dienone is 1. The van der Waals surface area contributed by atoms with Crippen LogP contribution in [-0.4, -0.2) is 16.2 Å². The Hall–Kier alpha value is -1.16. The van der Waals surface area contributed by atoms with E-state index < -0.39 is 0 Å². The molecule has 2 rings (SSSR count). The van der Waals surface area contributed by atoms with Crippen molar-refractivity contribution in [3.8, 4) is 0 Å². The van der Waals surface area contributed by atoms with Gasteiger partial charge in [0.25, 0.3) is 0 Å². The molecule has 1 heterocycles. The molecule has 4 heteroatoms. The van der Waals surface area contributed by atoms with Crippen LogP contribution in [0.4, 0.5) is 0 Å². The average molecular weight is 165 g/mol. The van der Waals surface area contributed by atoms with Crippen molar-refractivity contribution in [3.05, 3.63) is 23.9 Å². The molecule has 0 aliphatic heterocycles. The van der Waals surface area contributed by atoms with E-state index in [0.29, 0.717) is 11.7 Å². The van der Waals surface area contributed by atoms with Crippen LogP contribution < -0.4 is 5.73 Å². The number of aromatic nitrogens is 2. The summed E-state index contributed by atoms with van der Waals surface area (Å²) in [6, 6.07) is 0.141. The van der Waals surface area contributed by atoms with Crippen LogP contribution in [-0.2, 0) is 0 Å². The Balaban J connectivity index is 2.17. The first kappa shape index (κ1) is 7.49. The highest BCUT2D eigenvalue weighted by Crippen LogP contribution is 2.25. The van der Waals surface area contributed by atoms with Crippen molar-refractivity contribution >= 4 is 0 Å². The van der Waals surface area contributed by atoms with Crippen LogP contribution in [0.3, 0.4) is 0 Å². The minimum atomic E-state index is 0.141. The zero-order chi connectivity index (χ0) is 8.55. The monoisotopic (exact) mass is 165 g/mol. The standard InChI is InChI=1S/C8H11N3O/c1-5-10-8(12-11-5)6-2-3-7(9)4-6/h2-3,6-7H,4,9H2,1H3. The maximum Gasteiger partial charge on any atom is 0.233 e. The maximum absolute atomic E-state index is 5.69. The van der Waals surface area contributed by atoms with Gasteiger partial charge < -0.3 is 10.3 Å². The maximum atomic E-state index is 5.69. The highest BCUT2D eigenvalue weighted by Gasteiger charge is 2.22. The first-order chi connectivity index (χ1) is 5.75. The predicted octanol–water partition coefficient (Wildman–Crippen LogP) is 0.749. The van der Waals surface area contributed by atoms with Crippen molar-refractivity contribution in [2.24, 2.45) is 5.73 Å². The number of nitrogens with zero attached hydrogens (tertiary/aromatic N) is 2. The molecule has 0 radical (unpaired) electrons. The Kier molecular flexibility index (Phi) is 1.69. The molecule has 0 saturated heterocycles. The second kappa shape index (κ2) is 2.71. The Labute approximate surface area is 70.5 Å². The van der Waals surface area contributed by atoms with Crippen molar-refractivity contribution in [3.63, 3.8) is 0 Å². The van der Waals surface area contributed by atoms with Crippen molar-refractivity contribution in [2.75, 3.05) is 0 Å². The molecule has 0 aromatic carbocycles. The lowest BCUT2D eigenvalue weighted by Crippen LogP contribution is -2.14. The van der Waals surface area contributed by atoms with E-state index in [-0.39, 0.29) is 12.0 Å². The van der Waals surface area contributed by atoms with Gasteiger partial charge in [0.1, 0.15) is 0 Å². The summed E-state index contributed by atoms with van der Waals surface area (Å²) in [5.41, 5.74) is 5.69. The molecular weight excluding hydrogens is 154 g/mol. The zero-order valence-electron chi connectivity index (χ0n) is 6.90. The molecule has 2 atom stereocenters. The van der Waals surface area contributed by atoms with Crippen LogP contribution in [0.15, 0.2) is 16.7 Å². The Morgan fingerprint density at radius 1 is 1.58 bits per heavy atom. The molecule has 1 aliphatic carbocycles. The van der Waals surface area contributed by atoms with Crippen molar-refractivity contribution in [1.29, 1.82) is 0 Å². The van der Waals surface area contributed by atoms with Crippen LogP contribution >= 0.6 is 0 Å². The van der Waals surface area contributed by atoms with Gasteiger partial charge in [0.15, 0.2) is 5.82 Å². The minimum Gasteiger partial charge on any atom is -0.339 e. The Morgan fingerprint density at radius 2 is 2.42 bits per heavy atom. The van der Waals surface area contributed by atoms with Gasteiger partial charge in [-0.05, 0) is 13.3 Å². The summed E-state index contributed by atoms with van der Waals surface area (Å²) in [5, 5.41) is 3.73. The van der Waals surface area contributed by atoms with Crippen molar-refractivity contribution in [2.45, 2.75) is 25.3 Å². The van der Waals surface area contributed by atoms with Crippen LogP contribution in [0.25, 0.3) is 0 Å². The summed E-state index contributed by atoms with van der Waals surface area (Å²) in [7, 11) is 0. The molecule has 0 saturated carbocycles. The van der Waals surface area contributed by atoms with Gasteiger partial charge in [-0.3, -0.25) is 0 Å². The third kappa shape index (κ3) is 1.25. The number of aryl methyl sites for hydroxylation is 1. The predicted molar refractivity (Wildman–Crippen MR) is 43.5 cm³/mol. The highest BCUT2D eigenvalue weighted by atomic mass is 16.5. The quantitative estimate of drug-likeness (QED) is 0.623. The molecule has 1 aliphatic rings. The molecule has 1 aromatic rings. The van der Waals surface area contributed by atoms with Gasteiger partial charge >= 0.3 is 0 Å². The lowest BCUT2D eigenvalue weighted by Gasteiger charge is -2.01. The summed E-state index contributed by atoms with van der Waals surface area (Å²) in [6.07, 6.45) is 4.88. The van der Waals surface area contributed by atoms with Gasteiger partial charge in [-0.25, -0.2) is 0 Å². The number of hydrogen-bond donors (Lipinski definition) is 1. The van der Waals surface area contributed by atoms with Gasteiger partial charge in [0.2, 0.25) is 5.89 Å². The first-order valence-electron chi connectivity index (χ1n) is 4.00. The summed E-state index contributed by atoms with van der Waals surface area (Å²) in [5.74, 6) is 1.58. The van der Waals surface area contributed by atoms with E-state index in [1.165, 1.54) is 0 Å². The third-order valence-corrected chi connectivity index (χ3v) is 1.98. The van der Waals surface area contributed by atoms with Gasteiger partial charge in [0, 0.05) is 6.04 Å². The third-order valence-electron chi connectivity index (χ3n) is 1.98. The Morgan fingerprint density at radius 3 is 2.92 bits per heavy atom. The molecule has 1 aromatic heterocycles. The van der Waals surface area contributed by atoms with E-state index >= 15 is 0 Å². The second-order valence-electron chi connectivity index (χ2n) is 3.07. The Bertz CT molecular complexity index is 305. The smallest absolute Gasteiger partial charge is 0.233 e. The second-order valence-corrected chi connectivity index (χ2v) is 3.07. The minimum absolute atomic E-state index is 0.141. The highest BCUT2D eigenvalue weighted by molar-refractivity contribution is 5.15. The lowest BCUT2D eigenvalue weighted by atomic mass is 10.1. The molecule has 2 unspecified atom stereocenters. The molecule has 0 amide bonds. The van der Waals surface area contributed by atoms with Crippen LogP contribution in [0, 0.1) is 6.92 Å². The van der Waals surface area contributed by atoms with Crippen LogP contribution in [0.1, 0.15) is 24.1 Å². The number of nitrogens with two attached hydrogens (primary N) is 1. The van der Waals surface area contributed by atoms with Gasteiger partial charge in [0.05, 0.1) is 5.92 Å². The van der Waals surface area contributed by atoms with E-state index in [9.17, 15) is 0 Å². The van der Waals surface area contributed by atoms with Gasteiger partial charge in [-0.2, -0.15) is 4.98 Å². The zero-order valence-corrected chi connectivity index (χ0v) is 6.90. The van der Waals surface area contributed by atoms with Gasteiger partial charge in [-0.15, -0.1) is 0 Å². The SMILES string of the molecule is Cc1noc(C2C=CC(N)C2)n1. The average Bonchev–Trinajstić information content (AvgIpc) is 2.58. The summed E-state index contributed by atoms with van der Waals surface area (Å²) >= 11 is 0. The lowest BCUT2D eigenvalue weighted by molar-refractivity contribution is 0.361. The molecule has 12 heavy (non-hydrogen) atoms. The molecule has 2 N–H and O–H groups in total. The fourth-order valence-corrected chi connectivity index (χ4v) is 1.37.